The second-order valence-electron chi connectivity index (χ2n) is 33.5. The highest BCUT2D eigenvalue weighted by Gasteiger charge is 2.53. The number of halogens is 5. The number of amides is 10. The number of nitrogens with zero attached hydrogens (tertiary/aromatic N) is 3. The van der Waals surface area contributed by atoms with Crippen LogP contribution >= 0.6 is 23.2 Å². The number of hydrazine groups is 1. The number of benzene rings is 6. The molecular formula is C86H104Cl2F3N15O27. The van der Waals surface area contributed by atoms with Crippen LogP contribution in [0.25, 0.3) is 11.1 Å². The standard InChI is InChI=1S/C86H104Cl2F3N15O27/c1-39(2)28-52(93-5)76(117)100-67-69(112)42-7-14-56(50(87)30-42)128-58-32-44-33-59(73(58)132-83-74(72(115)71(114)60(38-107)130-83)131-62-37-85(4,75(116)40(3)127-62)94-16-17-104-18-20-106(21-19-104)102-84(124)95-45-9-11-47(12-10-45)133-86(89,90)91)129-57-15-8-43(31-51(57)88)70(113)68-81(122)99-66(82(123)103-126-27-24-105-22-25-125-26-23-105)49-34-46(108)35-55(110)63(49)48-29-41(6-13-54(48)109)64(78(119)101-68)98-79(120)65(44)97-77(118)53(36-61(92)111)96-80(67)121/h6-15,29-35,39-40,52-53,60,62,64-72,74-75,83,93-94,107-110,112-116H,16-28,36-38H2,1-5H3,(H2,92,111)(H,96,121)(H,97,118)(H,98,120)(H,99,122)(H,100,117)(H,101,119)(H,103,123)(H2,95,102,124). The highest BCUT2D eigenvalue weighted by atomic mass is 35.5. The van der Waals surface area contributed by atoms with Gasteiger partial charge in [0.15, 0.2) is 23.9 Å². The van der Waals surface area contributed by atoms with Crippen LogP contribution in [0.15, 0.2) is 103 Å². The molecule has 6 aromatic rings. The molecule has 0 aliphatic carbocycles. The van der Waals surface area contributed by atoms with E-state index in [0.29, 0.717) is 59.0 Å². The number of primary amides is 1. The van der Waals surface area contributed by atoms with E-state index in [0.717, 1.165) is 72.8 Å². The summed E-state index contributed by atoms with van der Waals surface area (Å²) in [4.78, 5) is 144. The molecule has 0 aromatic heterocycles. The maximum absolute atomic E-state index is 16.4. The Hall–Kier alpha value is -11.3. The van der Waals surface area contributed by atoms with Gasteiger partial charge in [0.1, 0.15) is 101 Å². The lowest BCUT2D eigenvalue weighted by Crippen LogP contribution is -2.66. The Bertz CT molecular complexity index is 5260. The van der Waals surface area contributed by atoms with Crippen molar-refractivity contribution < 1.29 is 145 Å². The topological polar surface area (TPSA) is 587 Å². The predicted molar refractivity (Wildman–Crippen MR) is 460 cm³/mol. The Balaban J connectivity index is 0.901. The molecule has 4 saturated heterocycles. The Morgan fingerprint density at radius 1 is 0.692 bits per heavy atom. The number of aliphatic hydroxyl groups is 6. The van der Waals surface area contributed by atoms with Gasteiger partial charge >= 0.3 is 12.4 Å². The van der Waals surface area contributed by atoms with E-state index in [-0.39, 0.29) is 66.6 Å². The normalized spacial score (nSPS) is 27.0. The Kier molecular flexibility index (Phi) is 32.0. The molecule has 0 spiro atoms. The number of hydrogen-bond donors (Lipinski definition) is 21. The van der Waals surface area contributed by atoms with Crippen LogP contribution in [0.4, 0.5) is 23.7 Å². The number of nitrogens with two attached hydrogens (primary N) is 1. The second kappa shape index (κ2) is 42.9. The molecule has 0 radical (unpaired) electrons. The first-order valence-corrected chi connectivity index (χ1v) is 43.3. The van der Waals surface area contributed by atoms with Crippen molar-refractivity contribution >= 4 is 82.2 Å². The number of nitrogens with one attached hydrogen (secondary N) is 11. The summed E-state index contributed by atoms with van der Waals surface area (Å²) in [5.74, 6) is -15.9. The van der Waals surface area contributed by atoms with E-state index in [4.69, 9.17) is 66.9 Å². The third kappa shape index (κ3) is 24.1. The summed E-state index contributed by atoms with van der Waals surface area (Å²) >= 11 is 14.4. The molecule has 133 heavy (non-hydrogen) atoms. The van der Waals surface area contributed by atoms with Crippen LogP contribution in [0.5, 0.6) is 51.7 Å². The number of rotatable bonds is 24. The molecule has 6 aromatic carbocycles. The van der Waals surface area contributed by atoms with E-state index in [1.54, 1.807) is 11.9 Å². The number of aromatic hydroxyl groups is 3. The number of ether oxygens (including phenoxy) is 8. The maximum Gasteiger partial charge on any atom is 0.573 e. The van der Waals surface area contributed by atoms with Crippen molar-refractivity contribution in [2.45, 2.75) is 163 Å². The van der Waals surface area contributed by atoms with Gasteiger partial charge < -0.3 is 137 Å². The number of fused-ring (bicyclic) bond motifs is 15. The number of hydroxylamine groups is 1. The van der Waals surface area contributed by atoms with Gasteiger partial charge in [0.05, 0.1) is 61.1 Å². The summed E-state index contributed by atoms with van der Waals surface area (Å²) in [6, 6.07) is 3.54. The first-order chi connectivity index (χ1) is 63.2. The molecule has 47 heteroatoms. The summed E-state index contributed by atoms with van der Waals surface area (Å²) in [5, 5.41) is 132. The zero-order valence-corrected chi connectivity index (χ0v) is 73.7. The number of carbonyl (C=O) groups is 9. The summed E-state index contributed by atoms with van der Waals surface area (Å²) < 4.78 is 87.3. The van der Waals surface area contributed by atoms with Gasteiger partial charge in [0, 0.05) is 93.7 Å². The number of urea groups is 1. The van der Waals surface area contributed by atoms with Crippen LogP contribution in [0.2, 0.25) is 10.0 Å². The average Bonchev–Trinajstić information content (AvgIpc) is 0.763. The molecule has 22 N–H and O–H groups in total. The number of alkyl halides is 3. The van der Waals surface area contributed by atoms with E-state index in [1.165, 1.54) is 44.3 Å². The van der Waals surface area contributed by atoms with Crippen LogP contribution in [0, 0.1) is 5.92 Å². The van der Waals surface area contributed by atoms with Crippen molar-refractivity contribution in [1.29, 1.82) is 0 Å². The molecule has 0 saturated carbocycles. The van der Waals surface area contributed by atoms with Gasteiger partial charge in [0.2, 0.25) is 53.4 Å². The largest absolute Gasteiger partial charge is 0.573 e. The molecule has 18 unspecified atom stereocenters. The smallest absolute Gasteiger partial charge is 0.508 e. The fourth-order valence-corrected chi connectivity index (χ4v) is 16.9. The van der Waals surface area contributed by atoms with Gasteiger partial charge in [-0.25, -0.2) is 15.3 Å². The minimum atomic E-state index is -4.91. The fourth-order valence-electron chi connectivity index (χ4n) is 16.5. The number of aliphatic hydroxyl groups excluding tert-OH is 6. The lowest BCUT2D eigenvalue weighted by Gasteiger charge is -2.48. The minimum Gasteiger partial charge on any atom is -0.508 e. The quantitative estimate of drug-likeness (QED) is 0.0300. The van der Waals surface area contributed by atoms with Crippen molar-refractivity contribution in [3.63, 3.8) is 0 Å². The third-order valence-corrected chi connectivity index (χ3v) is 24.1. The zero-order valence-electron chi connectivity index (χ0n) is 72.2. The van der Waals surface area contributed by atoms with Crippen molar-refractivity contribution in [2.75, 3.05) is 97.7 Å². The maximum atomic E-state index is 16.4. The van der Waals surface area contributed by atoms with Gasteiger partial charge in [0.25, 0.3) is 5.91 Å². The number of morpholine rings is 1. The highest BCUT2D eigenvalue weighted by Crippen LogP contribution is 2.50. The number of phenolic OH excluding ortho intramolecular Hbond substituents is 3. The third-order valence-electron chi connectivity index (χ3n) is 23.5. The Morgan fingerprint density at radius 3 is 1.95 bits per heavy atom. The van der Waals surface area contributed by atoms with Gasteiger partial charge in [-0.1, -0.05) is 55.2 Å². The van der Waals surface area contributed by atoms with Crippen molar-refractivity contribution in [1.82, 2.24) is 68.2 Å². The van der Waals surface area contributed by atoms with Crippen LogP contribution in [0.1, 0.15) is 105 Å². The first-order valence-electron chi connectivity index (χ1n) is 42.5. The van der Waals surface area contributed by atoms with Crippen molar-refractivity contribution in [2.24, 2.45) is 11.7 Å². The van der Waals surface area contributed by atoms with Gasteiger partial charge in [-0.2, -0.15) is 0 Å². The molecule has 9 heterocycles. The average molecular weight is 1910 g/mol. The second-order valence-corrected chi connectivity index (χ2v) is 34.3. The summed E-state index contributed by atoms with van der Waals surface area (Å²) in [7, 11) is 1.47. The lowest BCUT2D eigenvalue weighted by molar-refractivity contribution is -0.334. The van der Waals surface area contributed by atoms with E-state index in [2.05, 4.69) is 68.4 Å². The predicted octanol–water partition coefficient (Wildman–Crippen LogP) is 1.29. The molecule has 18 atom stereocenters. The molecule has 720 valence electrons. The summed E-state index contributed by atoms with van der Waals surface area (Å²) in [5.41, 5.74) is 7.05. The van der Waals surface area contributed by atoms with E-state index < -0.39 is 260 Å². The van der Waals surface area contributed by atoms with Crippen LogP contribution in [-0.4, -0.2) is 292 Å². The number of phenols is 3. The molecule has 15 rings (SSSR count). The molecule has 9 aliphatic rings. The zero-order chi connectivity index (χ0) is 95.8. The van der Waals surface area contributed by atoms with Gasteiger partial charge in [-0.05, 0) is 140 Å². The van der Waals surface area contributed by atoms with Gasteiger partial charge in [-0.3, -0.25) is 58.4 Å². The number of anilines is 1. The van der Waals surface area contributed by atoms with E-state index in [9.17, 15) is 78.3 Å². The number of hydrogen-bond acceptors (Lipinski definition) is 32. The monoisotopic (exact) mass is 1910 g/mol. The van der Waals surface area contributed by atoms with Crippen LogP contribution in [-0.2, 0) is 62.1 Å². The molecule has 9 aliphatic heterocycles. The van der Waals surface area contributed by atoms with Gasteiger partial charge in [-0.15, -0.1) is 13.2 Å². The van der Waals surface area contributed by atoms with E-state index in [1.807, 2.05) is 18.7 Å². The number of piperazine rings is 1. The molecule has 10 amide bonds. The molecule has 4 fully saturated rings. The number of likely N-dealkylation sites (N-methyl/N-ethyl adjacent to an activating group) is 1. The van der Waals surface area contributed by atoms with Crippen molar-refractivity contribution in [3.8, 4) is 62.9 Å². The summed E-state index contributed by atoms with van der Waals surface area (Å²) in [6.45, 7) is 9.97. The summed E-state index contributed by atoms with van der Waals surface area (Å²) in [6.07, 6.45) is -24.1. The van der Waals surface area contributed by atoms with Crippen LogP contribution in [0.3, 0.4) is 0 Å². The molecule has 42 nitrogen and oxygen atoms in total. The van der Waals surface area contributed by atoms with Crippen LogP contribution < -0.4 is 83.4 Å². The lowest BCUT2D eigenvalue weighted by atomic mass is 9.85. The van der Waals surface area contributed by atoms with E-state index >= 15 is 24.0 Å². The molecule has 11 bridgehead atoms. The number of carbonyl (C=O) groups excluding carboxylic acids is 9. The first kappa shape index (κ1) is 99.2. The Morgan fingerprint density at radius 2 is 1.32 bits per heavy atom. The SMILES string of the molecule is CNC(CC(C)C)C(=O)NC1C(=O)NC(CC(N)=O)C(=O)NC2C(=O)NC3C(=O)NC(C(=O)NC(C(=O)NOCCN4CCOCC4)c4cc(O)cc(O)c4-c4cc3ccc4O)C(O)c3ccc(c(Cl)c3)Oc3cc2cc(c3OC2OC(CO)C(O)C(O)C2OC2CC(C)(NCCN3CCN(NC(=O)Nc4ccc(OC(F)(F)F)cc4)CC3)C(O)C(C)O2)Oc2ccc(cc2Cl)C1O. The molecular weight excluding hydrogens is 1800 g/mol. The highest BCUT2D eigenvalue weighted by molar-refractivity contribution is 6.32. The Labute approximate surface area is 767 Å². The fraction of sp³-hybridized carbons (Fsp3) is 0.477. The minimum absolute atomic E-state index is 0.127. The van der Waals surface area contributed by atoms with Crippen molar-refractivity contribution in [3.05, 3.63) is 141 Å².